The molecule has 0 heterocycles. The largest absolute Gasteiger partial charge is 0.451 e. The second-order valence-electron chi connectivity index (χ2n) is 6.46. The molecule has 2 aromatic rings. The van der Waals surface area contributed by atoms with Crippen molar-refractivity contribution in [1.29, 1.82) is 0 Å². The van der Waals surface area contributed by atoms with E-state index < -0.39 is 21.9 Å². The van der Waals surface area contributed by atoms with Crippen LogP contribution in [0.15, 0.2) is 41.3 Å². The van der Waals surface area contributed by atoms with E-state index in [0.29, 0.717) is 11.1 Å². The SMILES string of the molecule is Cc1ccc(C(=O)[C@@H](C)OC(=O)c2cc(S(C)(=O)=O)ccc2C)cc1C. The summed E-state index contributed by atoms with van der Waals surface area (Å²) in [6.45, 7) is 7.04. The van der Waals surface area contributed by atoms with Crippen molar-refractivity contribution in [1.82, 2.24) is 0 Å². The number of hydrogen-bond donors (Lipinski definition) is 0. The molecule has 0 radical (unpaired) electrons. The fourth-order valence-corrected chi connectivity index (χ4v) is 3.11. The summed E-state index contributed by atoms with van der Waals surface area (Å²) in [7, 11) is -3.45. The first-order valence-corrected chi connectivity index (χ1v) is 10.0. The molecule has 0 saturated carbocycles. The minimum Gasteiger partial charge on any atom is -0.451 e. The van der Waals surface area contributed by atoms with Gasteiger partial charge in [0, 0.05) is 11.8 Å². The normalized spacial score (nSPS) is 12.5. The number of carbonyl (C=O) groups is 2. The number of ether oxygens (including phenoxy) is 1. The summed E-state index contributed by atoms with van der Waals surface area (Å²) in [5.74, 6) is -1.03. The molecule has 0 aliphatic heterocycles. The van der Waals surface area contributed by atoms with Crippen LogP contribution in [0.3, 0.4) is 0 Å². The molecule has 138 valence electrons. The van der Waals surface area contributed by atoms with Crippen molar-refractivity contribution in [2.24, 2.45) is 0 Å². The first kappa shape index (κ1) is 19.8. The summed E-state index contributed by atoms with van der Waals surface area (Å²) in [6, 6.07) is 9.56. The number of ketones is 1. The lowest BCUT2D eigenvalue weighted by Gasteiger charge is -2.14. The van der Waals surface area contributed by atoms with E-state index in [0.717, 1.165) is 17.4 Å². The minimum atomic E-state index is -3.45. The molecule has 0 amide bonds. The molecule has 2 aromatic carbocycles. The number of carbonyl (C=O) groups excluding carboxylic acids is 2. The third kappa shape index (κ3) is 4.38. The van der Waals surface area contributed by atoms with Crippen molar-refractivity contribution in [3.8, 4) is 0 Å². The fraction of sp³-hybridized carbons (Fsp3) is 0.300. The van der Waals surface area contributed by atoms with Crippen LogP contribution >= 0.6 is 0 Å². The first-order chi connectivity index (χ1) is 12.0. The van der Waals surface area contributed by atoms with Gasteiger partial charge < -0.3 is 4.74 Å². The van der Waals surface area contributed by atoms with Gasteiger partial charge in [-0.05, 0) is 62.6 Å². The predicted octanol–water partition coefficient (Wildman–Crippen LogP) is 3.44. The second-order valence-corrected chi connectivity index (χ2v) is 8.48. The zero-order chi connectivity index (χ0) is 19.6. The van der Waals surface area contributed by atoms with Crippen LogP contribution in [0.5, 0.6) is 0 Å². The Morgan fingerprint density at radius 3 is 2.12 bits per heavy atom. The van der Waals surface area contributed by atoms with Gasteiger partial charge in [0.25, 0.3) is 0 Å². The van der Waals surface area contributed by atoms with Crippen LogP contribution in [-0.2, 0) is 14.6 Å². The number of rotatable bonds is 5. The van der Waals surface area contributed by atoms with Crippen LogP contribution in [0.4, 0.5) is 0 Å². The molecule has 0 bridgehead atoms. The van der Waals surface area contributed by atoms with Crippen LogP contribution in [0.2, 0.25) is 0 Å². The zero-order valence-corrected chi connectivity index (χ0v) is 16.3. The number of esters is 1. The molecule has 0 aliphatic carbocycles. The summed E-state index contributed by atoms with van der Waals surface area (Å²) < 4.78 is 28.7. The number of benzene rings is 2. The quantitative estimate of drug-likeness (QED) is 0.592. The Hall–Kier alpha value is -2.47. The standard InChI is InChI=1S/C20H22O5S/c1-12-6-8-16(10-14(12)3)19(21)15(4)25-20(22)18-11-17(26(5,23)24)9-7-13(18)2/h6-11,15H,1-5H3/t15-/m1/s1. The van der Waals surface area contributed by atoms with Crippen LogP contribution < -0.4 is 0 Å². The Morgan fingerprint density at radius 1 is 0.923 bits per heavy atom. The van der Waals surface area contributed by atoms with Gasteiger partial charge in [0.2, 0.25) is 5.78 Å². The monoisotopic (exact) mass is 374 g/mol. The summed E-state index contributed by atoms with van der Waals surface area (Å²) in [4.78, 5) is 25.0. The summed E-state index contributed by atoms with van der Waals surface area (Å²) >= 11 is 0. The molecular formula is C20H22O5S. The van der Waals surface area contributed by atoms with Crippen LogP contribution in [0, 0.1) is 20.8 Å². The van der Waals surface area contributed by atoms with Gasteiger partial charge in [-0.3, -0.25) is 4.79 Å². The van der Waals surface area contributed by atoms with E-state index in [4.69, 9.17) is 4.74 Å². The second kappa shape index (κ2) is 7.41. The number of aryl methyl sites for hydroxylation is 3. The minimum absolute atomic E-state index is 0.0307. The summed E-state index contributed by atoms with van der Waals surface area (Å²) in [5.41, 5.74) is 3.22. The van der Waals surface area contributed by atoms with Gasteiger partial charge >= 0.3 is 5.97 Å². The average Bonchev–Trinajstić information content (AvgIpc) is 2.55. The van der Waals surface area contributed by atoms with Crippen LogP contribution in [0.1, 0.15) is 44.3 Å². The third-order valence-corrected chi connectivity index (χ3v) is 5.41. The van der Waals surface area contributed by atoms with Gasteiger partial charge in [0.05, 0.1) is 10.5 Å². The van der Waals surface area contributed by atoms with E-state index in [9.17, 15) is 18.0 Å². The van der Waals surface area contributed by atoms with Gasteiger partial charge in [-0.15, -0.1) is 0 Å². The molecule has 0 aliphatic rings. The lowest BCUT2D eigenvalue weighted by molar-refractivity contribution is 0.0318. The highest BCUT2D eigenvalue weighted by Crippen LogP contribution is 2.18. The molecule has 0 aromatic heterocycles. The molecule has 5 nitrogen and oxygen atoms in total. The van der Waals surface area contributed by atoms with Gasteiger partial charge in [-0.2, -0.15) is 0 Å². The van der Waals surface area contributed by atoms with Crippen LogP contribution in [0.25, 0.3) is 0 Å². The summed E-state index contributed by atoms with van der Waals surface area (Å²) in [6.07, 6.45) is 0.0875. The summed E-state index contributed by atoms with van der Waals surface area (Å²) in [5, 5.41) is 0. The highest BCUT2D eigenvalue weighted by atomic mass is 32.2. The van der Waals surface area contributed by atoms with E-state index in [1.54, 1.807) is 25.1 Å². The van der Waals surface area contributed by atoms with Crippen molar-refractivity contribution < 1.29 is 22.7 Å². The maximum atomic E-state index is 12.5. The lowest BCUT2D eigenvalue weighted by atomic mass is 10.0. The molecule has 0 spiro atoms. The van der Waals surface area contributed by atoms with Crippen molar-refractivity contribution in [3.63, 3.8) is 0 Å². The molecule has 0 unspecified atom stereocenters. The van der Waals surface area contributed by atoms with Crippen molar-refractivity contribution in [3.05, 3.63) is 64.2 Å². The molecule has 2 rings (SSSR count). The Kier molecular flexibility index (Phi) is 5.66. The lowest BCUT2D eigenvalue weighted by Crippen LogP contribution is -2.25. The molecule has 6 heteroatoms. The molecule has 0 N–H and O–H groups in total. The van der Waals surface area contributed by atoms with E-state index in [1.165, 1.54) is 19.1 Å². The Morgan fingerprint density at radius 2 is 1.54 bits per heavy atom. The predicted molar refractivity (Wildman–Crippen MR) is 99.4 cm³/mol. The van der Waals surface area contributed by atoms with E-state index in [2.05, 4.69) is 0 Å². The fourth-order valence-electron chi connectivity index (χ4n) is 2.46. The third-order valence-electron chi connectivity index (χ3n) is 4.30. The van der Waals surface area contributed by atoms with Crippen LogP contribution in [-0.4, -0.2) is 32.5 Å². The number of Topliss-reactive ketones (excluding diaryl/α,β-unsaturated/α-hetero) is 1. The van der Waals surface area contributed by atoms with Crippen molar-refractivity contribution in [2.75, 3.05) is 6.26 Å². The Bertz CT molecular complexity index is 974. The zero-order valence-electron chi connectivity index (χ0n) is 15.5. The molecule has 1 atom stereocenters. The molecular weight excluding hydrogens is 352 g/mol. The van der Waals surface area contributed by atoms with E-state index in [-0.39, 0.29) is 16.2 Å². The molecule has 0 fully saturated rings. The van der Waals surface area contributed by atoms with Crippen molar-refractivity contribution >= 4 is 21.6 Å². The van der Waals surface area contributed by atoms with Crippen molar-refractivity contribution in [2.45, 2.75) is 38.7 Å². The van der Waals surface area contributed by atoms with Gasteiger partial charge in [0.1, 0.15) is 0 Å². The topological polar surface area (TPSA) is 77.5 Å². The Balaban J connectivity index is 2.23. The molecule has 0 saturated heterocycles. The highest BCUT2D eigenvalue weighted by Gasteiger charge is 2.22. The molecule has 26 heavy (non-hydrogen) atoms. The maximum Gasteiger partial charge on any atom is 0.339 e. The maximum absolute atomic E-state index is 12.5. The van der Waals surface area contributed by atoms with E-state index in [1.807, 2.05) is 19.9 Å². The Labute approximate surface area is 153 Å². The van der Waals surface area contributed by atoms with Gasteiger partial charge in [0.15, 0.2) is 15.9 Å². The van der Waals surface area contributed by atoms with Gasteiger partial charge in [-0.1, -0.05) is 18.2 Å². The highest BCUT2D eigenvalue weighted by molar-refractivity contribution is 7.90. The van der Waals surface area contributed by atoms with E-state index >= 15 is 0 Å². The number of sulfone groups is 1. The van der Waals surface area contributed by atoms with Gasteiger partial charge in [-0.25, -0.2) is 13.2 Å². The average molecular weight is 374 g/mol. The smallest absolute Gasteiger partial charge is 0.339 e. The number of hydrogen-bond acceptors (Lipinski definition) is 5. The first-order valence-electron chi connectivity index (χ1n) is 8.14.